The van der Waals surface area contributed by atoms with Crippen LogP contribution in [-0.2, 0) is 19.4 Å². The van der Waals surface area contributed by atoms with Crippen molar-refractivity contribution in [1.82, 2.24) is 10.3 Å². The number of pyridine rings is 1. The van der Waals surface area contributed by atoms with Gasteiger partial charge in [-0.05, 0) is 25.5 Å². The van der Waals surface area contributed by atoms with E-state index in [0.29, 0.717) is 13.0 Å². The van der Waals surface area contributed by atoms with Crippen LogP contribution < -0.4 is 10.1 Å². The molecule has 1 N–H and O–H groups in total. The Labute approximate surface area is 134 Å². The summed E-state index contributed by atoms with van der Waals surface area (Å²) < 4.78 is 32.8. The summed E-state index contributed by atoms with van der Waals surface area (Å²) >= 11 is 0. The molecule has 2 rings (SSSR count). The van der Waals surface area contributed by atoms with Gasteiger partial charge in [0.05, 0.1) is 18.1 Å². The first-order valence-corrected chi connectivity index (χ1v) is 8.98. The van der Waals surface area contributed by atoms with E-state index < -0.39 is 34.4 Å². The molecule has 1 amide bonds. The van der Waals surface area contributed by atoms with Crippen LogP contribution in [0, 0.1) is 0 Å². The molecule has 1 saturated heterocycles. The molecular weight excluding hydrogens is 324 g/mol. The molecule has 126 valence electrons. The SMILES string of the molecule is CCOc1ncccc1C(=O)OCC(=O)N[C@@H]1CCS(=O)(=O)C1. The van der Waals surface area contributed by atoms with Crippen LogP contribution in [0.15, 0.2) is 18.3 Å². The number of sulfone groups is 1. The molecule has 1 atom stereocenters. The first-order chi connectivity index (χ1) is 10.9. The lowest BCUT2D eigenvalue weighted by Gasteiger charge is -2.12. The van der Waals surface area contributed by atoms with E-state index in [1.54, 1.807) is 13.0 Å². The highest BCUT2D eigenvalue weighted by Crippen LogP contribution is 2.15. The van der Waals surface area contributed by atoms with Gasteiger partial charge in [-0.1, -0.05) is 0 Å². The Bertz CT molecular complexity index is 688. The van der Waals surface area contributed by atoms with Gasteiger partial charge in [0.15, 0.2) is 16.4 Å². The van der Waals surface area contributed by atoms with Crippen LogP contribution in [0.3, 0.4) is 0 Å². The molecule has 2 heterocycles. The fourth-order valence-electron chi connectivity index (χ4n) is 2.18. The van der Waals surface area contributed by atoms with Crippen molar-refractivity contribution in [2.75, 3.05) is 24.7 Å². The lowest BCUT2D eigenvalue weighted by Crippen LogP contribution is -2.38. The third-order valence-corrected chi connectivity index (χ3v) is 4.97. The summed E-state index contributed by atoms with van der Waals surface area (Å²) in [6.07, 6.45) is 1.86. The van der Waals surface area contributed by atoms with Gasteiger partial charge in [0.1, 0.15) is 5.56 Å². The van der Waals surface area contributed by atoms with Crippen molar-refractivity contribution in [1.29, 1.82) is 0 Å². The maximum Gasteiger partial charge on any atom is 0.344 e. The molecular formula is C14H18N2O6S. The number of ether oxygens (including phenoxy) is 2. The van der Waals surface area contributed by atoms with Crippen molar-refractivity contribution >= 4 is 21.7 Å². The van der Waals surface area contributed by atoms with Crippen molar-refractivity contribution in [3.05, 3.63) is 23.9 Å². The number of rotatable bonds is 6. The average Bonchev–Trinajstić information content (AvgIpc) is 2.84. The predicted molar refractivity (Wildman–Crippen MR) is 80.9 cm³/mol. The van der Waals surface area contributed by atoms with Crippen LogP contribution in [0.25, 0.3) is 0 Å². The van der Waals surface area contributed by atoms with Gasteiger partial charge < -0.3 is 14.8 Å². The summed E-state index contributed by atoms with van der Waals surface area (Å²) in [6.45, 7) is 1.61. The number of amides is 1. The number of esters is 1. The molecule has 0 saturated carbocycles. The second-order valence-electron chi connectivity index (χ2n) is 5.03. The zero-order chi connectivity index (χ0) is 16.9. The molecule has 0 aliphatic carbocycles. The van der Waals surface area contributed by atoms with Crippen LogP contribution in [0.4, 0.5) is 0 Å². The van der Waals surface area contributed by atoms with Crippen molar-refractivity contribution in [2.24, 2.45) is 0 Å². The summed E-state index contributed by atoms with van der Waals surface area (Å²) in [5.74, 6) is -1.14. The monoisotopic (exact) mass is 342 g/mol. The lowest BCUT2D eigenvalue weighted by molar-refractivity contribution is -0.124. The van der Waals surface area contributed by atoms with Crippen LogP contribution in [0.2, 0.25) is 0 Å². The molecule has 0 spiro atoms. The molecule has 1 aliphatic rings. The van der Waals surface area contributed by atoms with Gasteiger partial charge in [0.25, 0.3) is 5.91 Å². The Morgan fingerprint density at radius 3 is 2.87 bits per heavy atom. The first-order valence-electron chi connectivity index (χ1n) is 7.16. The van der Waals surface area contributed by atoms with Crippen LogP contribution in [-0.4, -0.2) is 56.0 Å². The van der Waals surface area contributed by atoms with E-state index in [1.807, 2.05) is 0 Å². The molecule has 0 unspecified atom stereocenters. The zero-order valence-electron chi connectivity index (χ0n) is 12.6. The fraction of sp³-hybridized carbons (Fsp3) is 0.500. The molecule has 9 heteroatoms. The molecule has 8 nitrogen and oxygen atoms in total. The smallest absolute Gasteiger partial charge is 0.344 e. The normalized spacial score (nSPS) is 19.1. The number of hydrogen-bond donors (Lipinski definition) is 1. The topological polar surface area (TPSA) is 112 Å². The van der Waals surface area contributed by atoms with Gasteiger partial charge in [0, 0.05) is 12.2 Å². The quantitative estimate of drug-likeness (QED) is 0.721. The van der Waals surface area contributed by atoms with Crippen LogP contribution >= 0.6 is 0 Å². The van der Waals surface area contributed by atoms with E-state index >= 15 is 0 Å². The van der Waals surface area contributed by atoms with Gasteiger partial charge in [-0.25, -0.2) is 18.2 Å². The van der Waals surface area contributed by atoms with E-state index in [4.69, 9.17) is 9.47 Å². The highest BCUT2D eigenvalue weighted by molar-refractivity contribution is 7.91. The molecule has 0 radical (unpaired) electrons. The molecule has 0 aromatic carbocycles. The van der Waals surface area contributed by atoms with Crippen molar-refractivity contribution in [3.8, 4) is 5.88 Å². The molecule has 1 aromatic heterocycles. The molecule has 0 bridgehead atoms. The van der Waals surface area contributed by atoms with Gasteiger partial charge in [-0.15, -0.1) is 0 Å². The molecule has 1 aromatic rings. The van der Waals surface area contributed by atoms with Gasteiger partial charge in [-0.2, -0.15) is 0 Å². The Kier molecular flexibility index (Phi) is 5.54. The highest BCUT2D eigenvalue weighted by atomic mass is 32.2. The summed E-state index contributed by atoms with van der Waals surface area (Å²) in [5, 5.41) is 2.54. The molecule has 23 heavy (non-hydrogen) atoms. The zero-order valence-corrected chi connectivity index (χ0v) is 13.5. The Balaban J connectivity index is 1.86. The average molecular weight is 342 g/mol. The second-order valence-corrected chi connectivity index (χ2v) is 7.26. The van der Waals surface area contributed by atoms with E-state index in [0.717, 1.165) is 0 Å². The van der Waals surface area contributed by atoms with Gasteiger partial charge in [0.2, 0.25) is 5.88 Å². The number of nitrogens with zero attached hydrogens (tertiary/aromatic N) is 1. The third kappa shape index (κ3) is 4.92. The number of aromatic nitrogens is 1. The summed E-state index contributed by atoms with van der Waals surface area (Å²) in [6, 6.07) is 2.62. The van der Waals surface area contributed by atoms with Gasteiger partial charge in [-0.3, -0.25) is 4.79 Å². The Morgan fingerprint density at radius 1 is 1.43 bits per heavy atom. The number of carbonyl (C=O) groups excluding carboxylic acids is 2. The third-order valence-electron chi connectivity index (χ3n) is 3.20. The first kappa shape index (κ1) is 17.2. The van der Waals surface area contributed by atoms with Crippen molar-refractivity contribution in [2.45, 2.75) is 19.4 Å². The number of carbonyl (C=O) groups is 2. The predicted octanol–water partition coefficient (Wildman–Crippen LogP) is -0.0596. The van der Waals surface area contributed by atoms with Gasteiger partial charge >= 0.3 is 5.97 Å². The Hall–Kier alpha value is -2.16. The standard InChI is InChI=1S/C14H18N2O6S/c1-2-21-13-11(4-3-6-15-13)14(18)22-8-12(17)16-10-5-7-23(19,20)9-10/h3-4,6,10H,2,5,7-9H2,1H3,(H,16,17)/t10-/m1/s1. The summed E-state index contributed by atoms with van der Waals surface area (Å²) in [7, 11) is -3.07. The van der Waals surface area contributed by atoms with Crippen LogP contribution in [0.5, 0.6) is 5.88 Å². The minimum atomic E-state index is -3.07. The summed E-state index contributed by atoms with van der Waals surface area (Å²) in [4.78, 5) is 27.6. The van der Waals surface area contributed by atoms with E-state index in [9.17, 15) is 18.0 Å². The fourth-order valence-corrected chi connectivity index (χ4v) is 3.86. The van der Waals surface area contributed by atoms with E-state index in [1.165, 1.54) is 12.3 Å². The van der Waals surface area contributed by atoms with Crippen LogP contribution in [0.1, 0.15) is 23.7 Å². The van der Waals surface area contributed by atoms with Crippen molar-refractivity contribution < 1.29 is 27.5 Å². The number of nitrogens with one attached hydrogen (secondary N) is 1. The molecule has 1 aliphatic heterocycles. The van der Waals surface area contributed by atoms with E-state index in [-0.39, 0.29) is 22.9 Å². The lowest BCUT2D eigenvalue weighted by atomic mass is 10.2. The minimum absolute atomic E-state index is 0.0607. The second kappa shape index (κ2) is 7.40. The maximum atomic E-state index is 12.0. The highest BCUT2D eigenvalue weighted by Gasteiger charge is 2.29. The van der Waals surface area contributed by atoms with Crippen molar-refractivity contribution in [3.63, 3.8) is 0 Å². The minimum Gasteiger partial charge on any atom is -0.477 e. The largest absolute Gasteiger partial charge is 0.477 e. The molecule has 1 fully saturated rings. The van der Waals surface area contributed by atoms with E-state index in [2.05, 4.69) is 10.3 Å². The Morgan fingerprint density at radius 2 is 2.22 bits per heavy atom. The summed E-state index contributed by atoms with van der Waals surface area (Å²) in [5.41, 5.74) is 0.130. The number of hydrogen-bond acceptors (Lipinski definition) is 7. The maximum absolute atomic E-state index is 12.0.